The van der Waals surface area contributed by atoms with Gasteiger partial charge in [-0.3, -0.25) is 0 Å². The summed E-state index contributed by atoms with van der Waals surface area (Å²) in [6.45, 7) is 1.00. The summed E-state index contributed by atoms with van der Waals surface area (Å²) in [6, 6.07) is 0. The summed E-state index contributed by atoms with van der Waals surface area (Å²) >= 11 is 0. The van der Waals surface area contributed by atoms with Crippen molar-refractivity contribution in [2.24, 2.45) is 0 Å². The van der Waals surface area contributed by atoms with Gasteiger partial charge in [-0.1, -0.05) is 0 Å². The highest BCUT2D eigenvalue weighted by Gasteiger charge is 2.16. The van der Waals surface area contributed by atoms with Crippen LogP contribution < -0.4 is 0 Å². The van der Waals surface area contributed by atoms with Crippen LogP contribution in [0.4, 0.5) is 0 Å². The Morgan fingerprint density at radius 3 is 2.15 bits per heavy atom. The van der Waals surface area contributed by atoms with E-state index in [0.717, 1.165) is 0 Å². The van der Waals surface area contributed by atoms with Crippen LogP contribution in [-0.4, -0.2) is 59.5 Å². The lowest BCUT2D eigenvalue weighted by atomic mass is 10.7. The first-order chi connectivity index (χ1) is 6.04. The lowest BCUT2D eigenvalue weighted by Crippen LogP contribution is -2.33. The molecule has 5 nitrogen and oxygen atoms in total. The van der Waals surface area contributed by atoms with Crippen LogP contribution in [0.1, 0.15) is 0 Å². The molecule has 0 rings (SSSR count). The van der Waals surface area contributed by atoms with Gasteiger partial charge in [0.2, 0.25) is 10.0 Å². The Balaban J connectivity index is 3.96. The molecule has 0 aromatic rings. The lowest BCUT2D eigenvalue weighted by molar-refractivity contribution is 0.183. The van der Waals surface area contributed by atoms with E-state index in [2.05, 4.69) is 0 Å². The lowest BCUT2D eigenvalue weighted by Gasteiger charge is -2.15. The van der Waals surface area contributed by atoms with E-state index in [4.69, 9.17) is 9.47 Å². The van der Waals surface area contributed by atoms with Crippen molar-refractivity contribution in [2.75, 3.05) is 46.8 Å². The fourth-order valence-corrected chi connectivity index (χ4v) is 1.75. The normalized spacial score (nSPS) is 12.3. The SMILES string of the molecule is COCCN(C)S(=O)(=O)CCOC. The molecular formula is C7H17NO4S. The van der Waals surface area contributed by atoms with Crippen LogP contribution >= 0.6 is 0 Å². The molecule has 0 bridgehead atoms. The fourth-order valence-electron chi connectivity index (χ4n) is 0.703. The summed E-state index contributed by atoms with van der Waals surface area (Å²) in [7, 11) is 1.38. The molecule has 0 unspecified atom stereocenters. The largest absolute Gasteiger partial charge is 0.384 e. The minimum Gasteiger partial charge on any atom is -0.384 e. The zero-order chi connectivity index (χ0) is 10.3. The Kier molecular flexibility index (Phi) is 6.23. The Hall–Kier alpha value is -0.170. The molecule has 0 aromatic carbocycles. The quantitative estimate of drug-likeness (QED) is 0.572. The van der Waals surface area contributed by atoms with E-state index >= 15 is 0 Å². The van der Waals surface area contributed by atoms with Crippen molar-refractivity contribution in [1.82, 2.24) is 4.31 Å². The van der Waals surface area contributed by atoms with Crippen molar-refractivity contribution in [2.45, 2.75) is 0 Å². The molecule has 13 heavy (non-hydrogen) atoms. The van der Waals surface area contributed by atoms with Crippen molar-refractivity contribution in [3.05, 3.63) is 0 Å². The first kappa shape index (κ1) is 12.8. The number of rotatable bonds is 7. The monoisotopic (exact) mass is 211 g/mol. The molecule has 0 atom stereocenters. The molecule has 0 aromatic heterocycles. The molecule has 0 heterocycles. The zero-order valence-electron chi connectivity index (χ0n) is 8.32. The Bertz CT molecular complexity index is 215. The van der Waals surface area contributed by atoms with Gasteiger partial charge in [-0.15, -0.1) is 0 Å². The van der Waals surface area contributed by atoms with Crippen molar-refractivity contribution in [3.63, 3.8) is 0 Å². The number of sulfonamides is 1. The van der Waals surface area contributed by atoms with Gasteiger partial charge in [0.05, 0.1) is 19.0 Å². The Morgan fingerprint density at radius 1 is 1.15 bits per heavy atom. The highest BCUT2D eigenvalue weighted by atomic mass is 32.2. The van der Waals surface area contributed by atoms with E-state index in [9.17, 15) is 8.42 Å². The van der Waals surface area contributed by atoms with Gasteiger partial charge in [0.15, 0.2) is 0 Å². The van der Waals surface area contributed by atoms with Gasteiger partial charge in [0.1, 0.15) is 0 Å². The van der Waals surface area contributed by atoms with Crippen molar-refractivity contribution in [1.29, 1.82) is 0 Å². The molecule has 0 aliphatic heterocycles. The third-order valence-electron chi connectivity index (χ3n) is 1.63. The highest BCUT2D eigenvalue weighted by molar-refractivity contribution is 7.89. The summed E-state index contributed by atoms with van der Waals surface area (Å²) in [5.41, 5.74) is 0. The number of hydrogen-bond donors (Lipinski definition) is 0. The molecule has 0 saturated heterocycles. The second-order valence-corrected chi connectivity index (χ2v) is 4.82. The molecule has 0 amide bonds. The number of nitrogens with zero attached hydrogens (tertiary/aromatic N) is 1. The standard InChI is InChI=1S/C7H17NO4S/c1-8(4-5-11-2)13(9,10)7-6-12-3/h4-7H2,1-3H3. The predicted octanol–water partition coefficient (Wildman–Crippen LogP) is -0.459. The van der Waals surface area contributed by atoms with E-state index in [0.29, 0.717) is 13.2 Å². The van der Waals surface area contributed by atoms with E-state index < -0.39 is 10.0 Å². The van der Waals surface area contributed by atoms with Crippen molar-refractivity contribution in [3.8, 4) is 0 Å². The summed E-state index contributed by atoms with van der Waals surface area (Å²) in [5.74, 6) is 0.0176. The van der Waals surface area contributed by atoms with Crippen LogP contribution in [0.3, 0.4) is 0 Å². The third kappa shape index (κ3) is 5.20. The van der Waals surface area contributed by atoms with Crippen molar-refractivity contribution >= 4 is 10.0 Å². The molecule has 0 aliphatic rings. The summed E-state index contributed by atoms with van der Waals surface area (Å²) in [6.07, 6.45) is 0. The van der Waals surface area contributed by atoms with Crippen LogP contribution in [-0.2, 0) is 19.5 Å². The Labute approximate surface area is 79.7 Å². The number of methoxy groups -OCH3 is 2. The number of hydrogen-bond acceptors (Lipinski definition) is 4. The molecular weight excluding hydrogens is 194 g/mol. The molecule has 0 fully saturated rings. The van der Waals surface area contributed by atoms with Gasteiger partial charge in [-0.2, -0.15) is 0 Å². The third-order valence-corrected chi connectivity index (χ3v) is 3.45. The van der Waals surface area contributed by atoms with Crippen LogP contribution in [0.5, 0.6) is 0 Å². The number of ether oxygens (including phenoxy) is 2. The van der Waals surface area contributed by atoms with Crippen LogP contribution in [0, 0.1) is 0 Å². The second-order valence-electron chi connectivity index (χ2n) is 2.62. The smallest absolute Gasteiger partial charge is 0.216 e. The van der Waals surface area contributed by atoms with E-state index in [1.807, 2.05) is 0 Å². The van der Waals surface area contributed by atoms with Gasteiger partial charge in [0, 0.05) is 27.8 Å². The van der Waals surface area contributed by atoms with E-state index in [-0.39, 0.29) is 12.4 Å². The second kappa shape index (κ2) is 6.31. The maximum absolute atomic E-state index is 11.4. The fraction of sp³-hybridized carbons (Fsp3) is 1.00. The van der Waals surface area contributed by atoms with E-state index in [1.165, 1.54) is 25.6 Å². The predicted molar refractivity (Wildman–Crippen MR) is 50.2 cm³/mol. The minimum absolute atomic E-state index is 0.0176. The molecule has 0 radical (unpaired) electrons. The topological polar surface area (TPSA) is 55.8 Å². The van der Waals surface area contributed by atoms with Crippen LogP contribution in [0.15, 0.2) is 0 Å². The first-order valence-electron chi connectivity index (χ1n) is 3.96. The molecule has 6 heteroatoms. The molecule has 0 saturated carbocycles. The van der Waals surface area contributed by atoms with Crippen LogP contribution in [0.2, 0.25) is 0 Å². The minimum atomic E-state index is -3.17. The summed E-state index contributed by atoms with van der Waals surface area (Å²) in [5, 5.41) is 0. The molecule has 0 aliphatic carbocycles. The van der Waals surface area contributed by atoms with Gasteiger partial charge >= 0.3 is 0 Å². The van der Waals surface area contributed by atoms with Crippen LogP contribution in [0.25, 0.3) is 0 Å². The molecule has 80 valence electrons. The van der Waals surface area contributed by atoms with Gasteiger partial charge in [-0.05, 0) is 0 Å². The maximum Gasteiger partial charge on any atom is 0.216 e. The molecule has 0 spiro atoms. The van der Waals surface area contributed by atoms with Gasteiger partial charge in [0.25, 0.3) is 0 Å². The van der Waals surface area contributed by atoms with Gasteiger partial charge in [-0.25, -0.2) is 12.7 Å². The van der Waals surface area contributed by atoms with E-state index in [1.54, 1.807) is 0 Å². The highest BCUT2D eigenvalue weighted by Crippen LogP contribution is 1.97. The first-order valence-corrected chi connectivity index (χ1v) is 5.57. The Morgan fingerprint density at radius 2 is 1.69 bits per heavy atom. The average molecular weight is 211 g/mol. The average Bonchev–Trinajstić information content (AvgIpc) is 2.10. The molecule has 0 N–H and O–H groups in total. The summed E-state index contributed by atoms with van der Waals surface area (Å²) < 4.78 is 33.5. The zero-order valence-corrected chi connectivity index (χ0v) is 9.13. The van der Waals surface area contributed by atoms with Crippen molar-refractivity contribution < 1.29 is 17.9 Å². The van der Waals surface area contributed by atoms with Gasteiger partial charge < -0.3 is 9.47 Å². The summed E-state index contributed by atoms with van der Waals surface area (Å²) in [4.78, 5) is 0. The maximum atomic E-state index is 11.4. The number of likely N-dealkylation sites (N-methyl/N-ethyl adjacent to an activating group) is 1.